The van der Waals surface area contributed by atoms with Gasteiger partial charge < -0.3 is 33.8 Å². The van der Waals surface area contributed by atoms with Gasteiger partial charge in [0.05, 0.1) is 26.4 Å². The van der Waals surface area contributed by atoms with Crippen molar-refractivity contribution in [1.29, 1.82) is 0 Å². The molecule has 0 saturated heterocycles. The second-order valence-corrected chi connectivity index (χ2v) is 27.9. The molecule has 3 N–H and O–H groups in total. The van der Waals surface area contributed by atoms with Crippen LogP contribution in [0.1, 0.15) is 349 Å². The van der Waals surface area contributed by atoms with Crippen LogP contribution in [0.5, 0.6) is 0 Å². The van der Waals surface area contributed by atoms with Crippen molar-refractivity contribution in [1.82, 2.24) is 0 Å². The highest BCUT2D eigenvalue weighted by atomic mass is 31.2. The van der Waals surface area contributed by atoms with Gasteiger partial charge in [-0.1, -0.05) is 298 Å². The van der Waals surface area contributed by atoms with Crippen molar-refractivity contribution in [2.24, 2.45) is 5.92 Å². The third-order valence-corrected chi connectivity index (χ3v) is 17.7. The Morgan fingerprint density at radius 2 is 0.529 bits per heavy atom. The van der Waals surface area contributed by atoms with E-state index in [9.17, 15) is 43.2 Å². The van der Waals surface area contributed by atoms with Crippen LogP contribution in [0.4, 0.5) is 0 Å². The van der Waals surface area contributed by atoms with Crippen molar-refractivity contribution in [3.05, 3.63) is 0 Å². The lowest BCUT2D eigenvalue weighted by Crippen LogP contribution is -2.30. The molecular formula is C68H132O17P2. The molecule has 0 aliphatic rings. The summed E-state index contributed by atoms with van der Waals surface area (Å²) in [7, 11) is -9.89. The highest BCUT2D eigenvalue weighted by molar-refractivity contribution is 7.47. The van der Waals surface area contributed by atoms with E-state index in [1.54, 1.807) is 0 Å². The van der Waals surface area contributed by atoms with Crippen molar-refractivity contribution in [2.45, 2.75) is 368 Å². The van der Waals surface area contributed by atoms with Gasteiger partial charge in [-0.3, -0.25) is 37.3 Å². The van der Waals surface area contributed by atoms with E-state index >= 15 is 0 Å². The van der Waals surface area contributed by atoms with Crippen LogP contribution in [0, 0.1) is 5.92 Å². The Morgan fingerprint density at radius 1 is 0.310 bits per heavy atom. The Kier molecular flexibility index (Phi) is 60.2. The zero-order valence-corrected chi connectivity index (χ0v) is 57.9. The zero-order chi connectivity index (χ0) is 64.2. The first kappa shape index (κ1) is 85.1. The standard InChI is InChI=1S/C68H132O17P2/c1-6-9-12-15-18-20-22-24-26-28-34-39-44-49-54-68(73)85-64(58-79-66(71)52-47-42-37-32-30-29-31-36-40-45-50-61(4)5)60-83-87(76,77)81-56-62(69)55-80-86(74,75)82-59-63(57-78-65(70)51-46-41-35-17-14-11-8-3)84-67(72)53-48-43-38-33-27-25-23-21-19-16-13-10-7-2/h61-64,69H,6-60H2,1-5H3,(H,74,75)(H,76,77)/t62-,63+,64+/m0/s1. The number of phosphoric ester groups is 2. The average molecular weight is 1280 g/mol. The second-order valence-electron chi connectivity index (χ2n) is 25.0. The number of carbonyl (C=O) groups is 4. The van der Waals surface area contributed by atoms with Crippen LogP contribution >= 0.6 is 15.6 Å². The molecule has 19 heteroatoms. The summed E-state index contributed by atoms with van der Waals surface area (Å²) in [6.07, 6.45) is 47.2. The van der Waals surface area contributed by atoms with E-state index in [0.717, 1.165) is 109 Å². The summed E-state index contributed by atoms with van der Waals surface area (Å²) in [5.41, 5.74) is 0. The Labute approximate surface area is 530 Å². The van der Waals surface area contributed by atoms with Crippen LogP contribution in [-0.2, 0) is 65.4 Å². The maximum atomic E-state index is 13.0. The van der Waals surface area contributed by atoms with Gasteiger partial charge in [0.25, 0.3) is 0 Å². The minimum absolute atomic E-state index is 0.107. The van der Waals surface area contributed by atoms with E-state index in [4.69, 9.17) is 37.0 Å². The van der Waals surface area contributed by atoms with Crippen LogP contribution in [0.25, 0.3) is 0 Å². The maximum absolute atomic E-state index is 13.0. The van der Waals surface area contributed by atoms with Gasteiger partial charge in [0, 0.05) is 25.7 Å². The Hall–Kier alpha value is -1.94. The van der Waals surface area contributed by atoms with Gasteiger partial charge in [-0.25, -0.2) is 9.13 Å². The van der Waals surface area contributed by atoms with Crippen molar-refractivity contribution in [3.63, 3.8) is 0 Å². The number of carbonyl (C=O) groups excluding carboxylic acids is 4. The second kappa shape index (κ2) is 61.6. The molecule has 0 heterocycles. The van der Waals surface area contributed by atoms with Gasteiger partial charge >= 0.3 is 39.5 Å². The highest BCUT2D eigenvalue weighted by Crippen LogP contribution is 2.45. The number of ether oxygens (including phenoxy) is 4. The first-order valence-corrected chi connectivity index (χ1v) is 38.6. The zero-order valence-electron chi connectivity index (χ0n) is 56.2. The van der Waals surface area contributed by atoms with Gasteiger partial charge in [-0.15, -0.1) is 0 Å². The molecule has 516 valence electrons. The summed E-state index contributed by atoms with van der Waals surface area (Å²) in [4.78, 5) is 72.3. The predicted octanol–water partition coefficient (Wildman–Crippen LogP) is 19.4. The first-order valence-electron chi connectivity index (χ1n) is 35.6. The SMILES string of the molecule is CCCCCCCCCCCCCCCCC(=O)O[C@H](COC(=O)CCCCCCCCCCCCC(C)C)COP(=O)(O)OC[C@@H](O)COP(=O)(O)OC[C@@H](COC(=O)CCCCCCCCC)OC(=O)CCCCCCCCCCCCCCC. The molecule has 0 amide bonds. The van der Waals surface area contributed by atoms with Gasteiger partial charge in [-0.2, -0.15) is 0 Å². The van der Waals surface area contributed by atoms with Crippen molar-refractivity contribution in [3.8, 4) is 0 Å². The van der Waals surface area contributed by atoms with E-state index in [1.807, 2.05) is 0 Å². The molecule has 5 atom stereocenters. The molecule has 0 radical (unpaired) electrons. The van der Waals surface area contributed by atoms with Crippen LogP contribution in [-0.4, -0.2) is 96.7 Å². The quantitative estimate of drug-likeness (QED) is 0.0222. The van der Waals surface area contributed by atoms with E-state index in [-0.39, 0.29) is 25.7 Å². The summed E-state index contributed by atoms with van der Waals surface area (Å²) < 4.78 is 68.1. The summed E-state index contributed by atoms with van der Waals surface area (Å²) in [5, 5.41) is 10.6. The molecule has 87 heavy (non-hydrogen) atoms. The molecule has 0 fully saturated rings. The maximum Gasteiger partial charge on any atom is 0.472 e. The minimum Gasteiger partial charge on any atom is -0.462 e. The van der Waals surface area contributed by atoms with Gasteiger partial charge in [0.2, 0.25) is 0 Å². The Balaban J connectivity index is 5.21. The van der Waals surface area contributed by atoms with Gasteiger partial charge in [0.15, 0.2) is 12.2 Å². The van der Waals surface area contributed by atoms with Gasteiger partial charge in [-0.05, 0) is 31.6 Å². The number of phosphoric acid groups is 2. The van der Waals surface area contributed by atoms with Gasteiger partial charge in [0.1, 0.15) is 19.3 Å². The third-order valence-electron chi connectivity index (χ3n) is 15.8. The lowest BCUT2D eigenvalue weighted by atomic mass is 10.0. The molecule has 0 aliphatic carbocycles. The van der Waals surface area contributed by atoms with Crippen LogP contribution in [0.2, 0.25) is 0 Å². The fourth-order valence-electron chi connectivity index (χ4n) is 10.3. The Morgan fingerprint density at radius 3 is 0.782 bits per heavy atom. The van der Waals surface area contributed by atoms with Crippen molar-refractivity contribution < 1.29 is 80.2 Å². The molecule has 17 nitrogen and oxygen atoms in total. The first-order chi connectivity index (χ1) is 42.0. The van der Waals surface area contributed by atoms with E-state index < -0.39 is 97.5 Å². The van der Waals surface area contributed by atoms with Crippen LogP contribution in [0.15, 0.2) is 0 Å². The lowest BCUT2D eigenvalue weighted by Gasteiger charge is -2.21. The molecule has 0 bridgehead atoms. The topological polar surface area (TPSA) is 237 Å². The van der Waals surface area contributed by atoms with E-state index in [0.29, 0.717) is 25.7 Å². The molecule has 0 aromatic heterocycles. The number of aliphatic hydroxyl groups is 1. The highest BCUT2D eigenvalue weighted by Gasteiger charge is 2.30. The van der Waals surface area contributed by atoms with Crippen LogP contribution in [0.3, 0.4) is 0 Å². The summed E-state index contributed by atoms with van der Waals surface area (Å²) in [6, 6.07) is 0. The number of hydrogen-bond acceptors (Lipinski definition) is 15. The average Bonchev–Trinajstić information content (AvgIpc) is 3.68. The fourth-order valence-corrected chi connectivity index (χ4v) is 11.9. The van der Waals surface area contributed by atoms with Crippen molar-refractivity contribution in [2.75, 3.05) is 39.6 Å². The molecule has 2 unspecified atom stereocenters. The molecule has 0 aromatic carbocycles. The summed E-state index contributed by atoms with van der Waals surface area (Å²) >= 11 is 0. The van der Waals surface area contributed by atoms with Crippen molar-refractivity contribution >= 4 is 39.5 Å². The lowest BCUT2D eigenvalue weighted by molar-refractivity contribution is -0.161. The normalized spacial score (nSPS) is 14.1. The molecule has 0 saturated carbocycles. The third kappa shape index (κ3) is 62.6. The number of aliphatic hydroxyl groups excluding tert-OH is 1. The minimum atomic E-state index is -4.95. The number of hydrogen-bond donors (Lipinski definition) is 3. The molecule has 0 rings (SSSR count). The molecular weight excluding hydrogens is 1150 g/mol. The molecule has 0 aromatic rings. The Bertz CT molecular complexity index is 1690. The van der Waals surface area contributed by atoms with E-state index in [1.165, 1.54) is 161 Å². The number of esters is 4. The number of rotatable bonds is 68. The molecule has 0 spiro atoms. The summed E-state index contributed by atoms with van der Waals surface area (Å²) in [5.74, 6) is -1.37. The largest absolute Gasteiger partial charge is 0.472 e. The summed E-state index contributed by atoms with van der Waals surface area (Å²) in [6.45, 7) is 7.19. The predicted molar refractivity (Wildman–Crippen MR) is 349 cm³/mol. The van der Waals surface area contributed by atoms with Crippen LogP contribution < -0.4 is 0 Å². The smallest absolute Gasteiger partial charge is 0.462 e. The van der Waals surface area contributed by atoms with E-state index in [2.05, 4.69) is 34.6 Å². The number of unbranched alkanes of at least 4 members (excludes halogenated alkanes) is 40. The monoisotopic (exact) mass is 1280 g/mol. The molecule has 0 aliphatic heterocycles. The fraction of sp³-hybridized carbons (Fsp3) is 0.941.